The molecular formula is C16H17N5O3. The molecule has 124 valence electrons. The zero-order chi connectivity index (χ0) is 17.1. The second-order valence-corrected chi connectivity index (χ2v) is 4.87. The number of hydrogen-bond donors (Lipinski definition) is 2. The standard InChI is InChI=1S/C16H17N5O3/c1-22-11-6-9(7-12(23-2)15(11)24-3)19-14-8-18-10-4-5-13(17)20-16(10)21-14/h4-8H,1-3H3,(H3,17,19,20,21). The van der Waals surface area contributed by atoms with Gasteiger partial charge in [-0.25, -0.2) is 15.0 Å². The third-order valence-electron chi connectivity index (χ3n) is 3.37. The molecule has 0 aliphatic heterocycles. The molecule has 8 heteroatoms. The number of aromatic nitrogens is 3. The topological polar surface area (TPSA) is 104 Å². The molecule has 24 heavy (non-hydrogen) atoms. The summed E-state index contributed by atoms with van der Waals surface area (Å²) in [5, 5.41) is 3.15. The lowest BCUT2D eigenvalue weighted by molar-refractivity contribution is 0.324. The monoisotopic (exact) mass is 327 g/mol. The number of ether oxygens (including phenoxy) is 3. The fraction of sp³-hybridized carbons (Fsp3) is 0.188. The molecule has 3 rings (SSSR count). The van der Waals surface area contributed by atoms with Crippen molar-refractivity contribution in [2.75, 3.05) is 32.4 Å². The first kappa shape index (κ1) is 15.6. The fourth-order valence-corrected chi connectivity index (χ4v) is 2.27. The largest absolute Gasteiger partial charge is 0.493 e. The molecular weight excluding hydrogens is 310 g/mol. The van der Waals surface area contributed by atoms with E-state index in [1.54, 1.807) is 51.8 Å². The molecule has 0 saturated heterocycles. The zero-order valence-electron chi connectivity index (χ0n) is 13.5. The van der Waals surface area contributed by atoms with Crippen molar-refractivity contribution in [3.05, 3.63) is 30.5 Å². The smallest absolute Gasteiger partial charge is 0.203 e. The lowest BCUT2D eigenvalue weighted by Gasteiger charge is -2.14. The Hall–Kier alpha value is -3.29. The van der Waals surface area contributed by atoms with Crippen molar-refractivity contribution < 1.29 is 14.2 Å². The van der Waals surface area contributed by atoms with Gasteiger partial charge < -0.3 is 25.3 Å². The number of benzene rings is 1. The van der Waals surface area contributed by atoms with E-state index in [9.17, 15) is 0 Å². The summed E-state index contributed by atoms with van der Waals surface area (Å²) in [6, 6.07) is 7.01. The van der Waals surface area contributed by atoms with Crippen LogP contribution in [0.1, 0.15) is 0 Å². The molecule has 0 aliphatic rings. The summed E-state index contributed by atoms with van der Waals surface area (Å²) >= 11 is 0. The van der Waals surface area contributed by atoms with Gasteiger partial charge in [0.25, 0.3) is 0 Å². The van der Waals surface area contributed by atoms with Crippen LogP contribution in [0.15, 0.2) is 30.5 Å². The molecule has 0 atom stereocenters. The number of nitrogens with two attached hydrogens (primary N) is 1. The Morgan fingerprint density at radius 2 is 1.67 bits per heavy atom. The SMILES string of the molecule is COc1cc(Nc2cnc3ccc(N)nc3n2)cc(OC)c1OC. The first-order valence-corrected chi connectivity index (χ1v) is 7.11. The van der Waals surface area contributed by atoms with Gasteiger partial charge in [-0.2, -0.15) is 0 Å². The van der Waals surface area contributed by atoms with E-state index >= 15 is 0 Å². The van der Waals surface area contributed by atoms with Gasteiger partial charge in [0.15, 0.2) is 23.0 Å². The lowest BCUT2D eigenvalue weighted by atomic mass is 10.2. The average molecular weight is 327 g/mol. The molecule has 2 heterocycles. The fourth-order valence-electron chi connectivity index (χ4n) is 2.27. The van der Waals surface area contributed by atoms with E-state index in [0.717, 1.165) is 0 Å². The summed E-state index contributed by atoms with van der Waals surface area (Å²) in [4.78, 5) is 12.9. The first-order chi connectivity index (χ1) is 11.6. The Labute approximate surface area is 138 Å². The first-order valence-electron chi connectivity index (χ1n) is 7.11. The quantitative estimate of drug-likeness (QED) is 0.736. The summed E-state index contributed by atoms with van der Waals surface area (Å²) in [7, 11) is 4.67. The van der Waals surface area contributed by atoms with Crippen LogP contribution in [0.25, 0.3) is 11.2 Å². The van der Waals surface area contributed by atoms with Crippen molar-refractivity contribution in [3.8, 4) is 17.2 Å². The van der Waals surface area contributed by atoms with Crippen LogP contribution < -0.4 is 25.3 Å². The van der Waals surface area contributed by atoms with Gasteiger partial charge in [0.1, 0.15) is 11.3 Å². The summed E-state index contributed by atoms with van der Waals surface area (Å²) in [5.41, 5.74) is 7.53. The number of methoxy groups -OCH3 is 3. The number of nitrogens with one attached hydrogen (secondary N) is 1. The van der Waals surface area contributed by atoms with Crippen molar-refractivity contribution in [2.45, 2.75) is 0 Å². The van der Waals surface area contributed by atoms with Gasteiger partial charge in [-0.3, -0.25) is 0 Å². The van der Waals surface area contributed by atoms with Gasteiger partial charge in [0.2, 0.25) is 5.75 Å². The molecule has 3 N–H and O–H groups in total. The Balaban J connectivity index is 1.98. The van der Waals surface area contributed by atoms with Gasteiger partial charge in [0.05, 0.1) is 27.5 Å². The van der Waals surface area contributed by atoms with Crippen LogP contribution in [0.3, 0.4) is 0 Å². The van der Waals surface area contributed by atoms with E-state index in [4.69, 9.17) is 19.9 Å². The van der Waals surface area contributed by atoms with Gasteiger partial charge in [0, 0.05) is 17.8 Å². The summed E-state index contributed by atoms with van der Waals surface area (Å²) in [6.45, 7) is 0. The van der Waals surface area contributed by atoms with Crippen molar-refractivity contribution in [1.82, 2.24) is 15.0 Å². The van der Waals surface area contributed by atoms with Gasteiger partial charge in [-0.05, 0) is 12.1 Å². The minimum atomic E-state index is 0.390. The summed E-state index contributed by atoms with van der Waals surface area (Å²) < 4.78 is 16.0. The predicted octanol–water partition coefficient (Wildman–Crippen LogP) is 2.38. The number of fused-ring (bicyclic) bond motifs is 1. The van der Waals surface area contributed by atoms with Gasteiger partial charge in [-0.1, -0.05) is 0 Å². The third kappa shape index (κ3) is 2.94. The molecule has 0 bridgehead atoms. The Morgan fingerprint density at radius 1 is 0.958 bits per heavy atom. The van der Waals surface area contributed by atoms with Crippen molar-refractivity contribution in [2.24, 2.45) is 0 Å². The maximum atomic E-state index is 5.69. The molecule has 0 radical (unpaired) electrons. The highest BCUT2D eigenvalue weighted by Crippen LogP contribution is 2.40. The van der Waals surface area contributed by atoms with Crippen LogP contribution >= 0.6 is 0 Å². The summed E-state index contributed by atoms with van der Waals surface area (Å²) in [5.74, 6) is 2.51. The zero-order valence-corrected chi connectivity index (χ0v) is 13.5. The number of nitrogen functional groups attached to an aromatic ring is 1. The molecule has 3 aromatic rings. The molecule has 0 unspecified atom stereocenters. The number of rotatable bonds is 5. The molecule has 8 nitrogen and oxygen atoms in total. The van der Waals surface area contributed by atoms with E-state index in [1.165, 1.54) is 0 Å². The molecule has 2 aromatic heterocycles. The lowest BCUT2D eigenvalue weighted by Crippen LogP contribution is -2.00. The highest BCUT2D eigenvalue weighted by atomic mass is 16.5. The number of pyridine rings is 1. The van der Waals surface area contributed by atoms with Crippen LogP contribution in [-0.2, 0) is 0 Å². The Morgan fingerprint density at radius 3 is 2.29 bits per heavy atom. The van der Waals surface area contributed by atoms with Crippen LogP contribution in [0.2, 0.25) is 0 Å². The van der Waals surface area contributed by atoms with Gasteiger partial charge in [-0.15, -0.1) is 0 Å². The number of anilines is 3. The van der Waals surface area contributed by atoms with Gasteiger partial charge >= 0.3 is 0 Å². The van der Waals surface area contributed by atoms with E-state index in [2.05, 4.69) is 20.3 Å². The minimum absolute atomic E-state index is 0.390. The highest BCUT2D eigenvalue weighted by molar-refractivity contribution is 5.74. The van der Waals surface area contributed by atoms with E-state index in [0.29, 0.717) is 45.7 Å². The van der Waals surface area contributed by atoms with Crippen molar-refractivity contribution in [3.63, 3.8) is 0 Å². The second-order valence-electron chi connectivity index (χ2n) is 4.87. The maximum Gasteiger partial charge on any atom is 0.203 e. The number of hydrogen-bond acceptors (Lipinski definition) is 8. The molecule has 1 aromatic carbocycles. The third-order valence-corrected chi connectivity index (χ3v) is 3.37. The van der Waals surface area contributed by atoms with Crippen molar-refractivity contribution in [1.29, 1.82) is 0 Å². The van der Waals surface area contributed by atoms with E-state index in [-0.39, 0.29) is 0 Å². The van der Waals surface area contributed by atoms with Crippen molar-refractivity contribution >= 4 is 28.5 Å². The summed E-state index contributed by atoms with van der Waals surface area (Å²) in [6.07, 6.45) is 1.61. The molecule has 0 fully saturated rings. The Bertz CT molecular complexity index is 860. The second kappa shape index (κ2) is 6.45. The molecule has 0 amide bonds. The highest BCUT2D eigenvalue weighted by Gasteiger charge is 2.13. The normalized spacial score (nSPS) is 10.5. The maximum absolute atomic E-state index is 5.69. The number of nitrogens with zero attached hydrogens (tertiary/aromatic N) is 3. The molecule has 0 saturated carbocycles. The Kier molecular flexibility index (Phi) is 4.19. The minimum Gasteiger partial charge on any atom is -0.493 e. The van der Waals surface area contributed by atoms with E-state index in [1.807, 2.05) is 0 Å². The predicted molar refractivity (Wildman–Crippen MR) is 91.1 cm³/mol. The van der Waals surface area contributed by atoms with Crippen LogP contribution in [-0.4, -0.2) is 36.3 Å². The van der Waals surface area contributed by atoms with Crippen LogP contribution in [0.4, 0.5) is 17.3 Å². The van der Waals surface area contributed by atoms with Crippen LogP contribution in [0.5, 0.6) is 17.2 Å². The average Bonchev–Trinajstić information content (AvgIpc) is 2.60. The molecule has 0 aliphatic carbocycles. The van der Waals surface area contributed by atoms with E-state index < -0.39 is 0 Å². The van der Waals surface area contributed by atoms with Crippen LogP contribution in [0, 0.1) is 0 Å². The molecule has 0 spiro atoms.